The number of rotatable bonds is 8. The van der Waals surface area contributed by atoms with Crippen LogP contribution in [0.4, 0.5) is 14.5 Å². The number of hydrogen-bond acceptors (Lipinski definition) is 5. The first-order valence-corrected chi connectivity index (χ1v) is 7.73. The maximum Gasteiger partial charge on any atom is 0.306 e. The molecule has 0 radical (unpaired) electrons. The maximum atomic E-state index is 12.8. The van der Waals surface area contributed by atoms with Crippen molar-refractivity contribution >= 4 is 11.6 Å². The summed E-state index contributed by atoms with van der Waals surface area (Å²) in [5.41, 5.74) is 0.211. The molecule has 2 aromatic rings. The molecule has 9 nitrogen and oxygen atoms in total. The summed E-state index contributed by atoms with van der Waals surface area (Å²) in [7, 11) is 0. The van der Waals surface area contributed by atoms with Crippen molar-refractivity contribution < 1.29 is 18.5 Å². The Morgan fingerprint density at radius 2 is 2.24 bits per heavy atom. The molecule has 1 fully saturated rings. The zero-order valence-electron chi connectivity index (χ0n) is 13.1. The minimum absolute atomic E-state index is 0.128. The van der Waals surface area contributed by atoms with Crippen LogP contribution in [-0.2, 0) is 17.9 Å². The van der Waals surface area contributed by atoms with E-state index in [4.69, 9.17) is 0 Å². The third kappa shape index (κ3) is 4.17. The first-order valence-electron chi connectivity index (χ1n) is 7.73. The van der Waals surface area contributed by atoms with Gasteiger partial charge in [0.25, 0.3) is 6.43 Å². The number of carbonyl (C=O) groups is 1. The lowest BCUT2D eigenvalue weighted by Crippen LogP contribution is -2.31. The van der Waals surface area contributed by atoms with Crippen LogP contribution in [0.25, 0.3) is 0 Å². The van der Waals surface area contributed by atoms with Crippen molar-refractivity contribution in [1.29, 1.82) is 0 Å². The summed E-state index contributed by atoms with van der Waals surface area (Å²) in [5.74, 6) is -0.176. The molecule has 0 saturated heterocycles. The van der Waals surface area contributed by atoms with Crippen molar-refractivity contribution in [3.63, 3.8) is 0 Å². The van der Waals surface area contributed by atoms with Gasteiger partial charge in [-0.1, -0.05) is 0 Å². The van der Waals surface area contributed by atoms with Gasteiger partial charge in [0.2, 0.25) is 5.91 Å². The second-order valence-electron chi connectivity index (χ2n) is 5.80. The highest BCUT2D eigenvalue weighted by molar-refractivity contribution is 5.75. The minimum atomic E-state index is -2.67. The van der Waals surface area contributed by atoms with E-state index in [2.05, 4.69) is 15.5 Å². The number of nitrogens with one attached hydrogen (secondary N) is 1. The second kappa shape index (κ2) is 6.95. The molecule has 1 aliphatic carbocycles. The van der Waals surface area contributed by atoms with Gasteiger partial charge in [-0.15, -0.1) is 0 Å². The number of nitro groups is 1. The number of hydrogen-bond donors (Lipinski definition) is 1. The molecule has 0 spiro atoms. The number of amides is 1. The summed E-state index contributed by atoms with van der Waals surface area (Å²) in [6.45, 7) is 0.327. The topological polar surface area (TPSA) is 108 Å². The average molecular weight is 354 g/mol. The predicted molar refractivity (Wildman–Crippen MR) is 81.1 cm³/mol. The van der Waals surface area contributed by atoms with E-state index < -0.39 is 11.3 Å². The van der Waals surface area contributed by atoms with Crippen LogP contribution in [0.2, 0.25) is 0 Å². The van der Waals surface area contributed by atoms with E-state index >= 15 is 0 Å². The SMILES string of the molecule is O=C(Cn1nc(C(F)F)cc1C1CC1)NCCn1cc([N+](=O)[O-])cn1. The molecule has 11 heteroatoms. The first-order chi connectivity index (χ1) is 11.9. The van der Waals surface area contributed by atoms with E-state index in [9.17, 15) is 23.7 Å². The molecular formula is C14H16F2N6O3. The van der Waals surface area contributed by atoms with Crippen molar-refractivity contribution in [3.8, 4) is 0 Å². The van der Waals surface area contributed by atoms with Crippen LogP contribution in [0.15, 0.2) is 18.5 Å². The summed E-state index contributed by atoms with van der Waals surface area (Å²) < 4.78 is 28.3. The first kappa shape index (κ1) is 17.0. The van der Waals surface area contributed by atoms with Gasteiger partial charge in [0, 0.05) is 18.2 Å². The molecule has 2 aromatic heterocycles. The van der Waals surface area contributed by atoms with Crippen LogP contribution < -0.4 is 5.32 Å². The van der Waals surface area contributed by atoms with Crippen LogP contribution in [0.1, 0.15) is 36.6 Å². The Bertz CT molecular complexity index is 783. The Labute approximate surface area is 140 Å². The molecule has 1 N–H and O–H groups in total. The molecule has 3 rings (SSSR count). The van der Waals surface area contributed by atoms with Crippen molar-refractivity contribution in [2.45, 2.75) is 38.3 Å². The van der Waals surface area contributed by atoms with E-state index in [0.717, 1.165) is 19.0 Å². The van der Waals surface area contributed by atoms with Gasteiger partial charge in [0.15, 0.2) is 0 Å². The second-order valence-corrected chi connectivity index (χ2v) is 5.80. The van der Waals surface area contributed by atoms with Crippen LogP contribution in [0, 0.1) is 10.1 Å². The molecule has 0 bridgehead atoms. The molecule has 0 aromatic carbocycles. The standard InChI is InChI=1S/C14H16F2N6O3/c15-14(16)11-5-12(9-1-2-9)21(19-11)8-13(23)17-3-4-20-7-10(6-18-20)22(24)25/h5-7,9,14H,1-4,8H2,(H,17,23). The lowest BCUT2D eigenvalue weighted by atomic mass is 10.2. The summed E-state index contributed by atoms with van der Waals surface area (Å²) in [6, 6.07) is 1.36. The number of alkyl halides is 2. The Morgan fingerprint density at radius 1 is 1.48 bits per heavy atom. The fourth-order valence-electron chi connectivity index (χ4n) is 2.46. The van der Waals surface area contributed by atoms with Gasteiger partial charge in [-0.05, 0) is 18.9 Å². The zero-order valence-corrected chi connectivity index (χ0v) is 13.1. The molecule has 0 atom stereocenters. The van der Waals surface area contributed by atoms with Crippen LogP contribution in [0.5, 0.6) is 0 Å². The number of halogens is 2. The average Bonchev–Trinajstić information content (AvgIpc) is 3.12. The number of nitrogens with zero attached hydrogens (tertiary/aromatic N) is 5. The Morgan fingerprint density at radius 3 is 2.84 bits per heavy atom. The third-order valence-corrected chi connectivity index (χ3v) is 3.84. The summed E-state index contributed by atoms with van der Waals surface area (Å²) in [4.78, 5) is 22.0. The van der Waals surface area contributed by atoms with E-state index in [1.54, 1.807) is 0 Å². The molecule has 1 aliphatic rings. The lowest BCUT2D eigenvalue weighted by molar-refractivity contribution is -0.385. The molecule has 1 saturated carbocycles. The molecule has 134 valence electrons. The highest BCUT2D eigenvalue weighted by Gasteiger charge is 2.30. The molecule has 2 heterocycles. The van der Waals surface area contributed by atoms with Crippen molar-refractivity contribution in [1.82, 2.24) is 24.9 Å². The van der Waals surface area contributed by atoms with Crippen molar-refractivity contribution in [3.05, 3.63) is 40.0 Å². The number of aromatic nitrogens is 4. The Kier molecular flexibility index (Phi) is 4.72. The van der Waals surface area contributed by atoms with E-state index in [1.807, 2.05) is 0 Å². The largest absolute Gasteiger partial charge is 0.353 e. The van der Waals surface area contributed by atoms with Gasteiger partial charge in [0.1, 0.15) is 24.6 Å². The van der Waals surface area contributed by atoms with Gasteiger partial charge < -0.3 is 5.32 Å². The van der Waals surface area contributed by atoms with Crippen molar-refractivity contribution in [2.75, 3.05) is 6.54 Å². The van der Waals surface area contributed by atoms with Gasteiger partial charge in [0.05, 0.1) is 11.5 Å². The van der Waals surface area contributed by atoms with Crippen molar-refractivity contribution in [2.24, 2.45) is 0 Å². The zero-order chi connectivity index (χ0) is 18.0. The van der Waals surface area contributed by atoms with Gasteiger partial charge in [-0.3, -0.25) is 24.3 Å². The molecule has 0 aliphatic heterocycles. The maximum absolute atomic E-state index is 12.8. The molecule has 0 unspecified atom stereocenters. The van der Waals surface area contributed by atoms with Crippen LogP contribution >= 0.6 is 0 Å². The van der Waals surface area contributed by atoms with Gasteiger partial charge in [-0.2, -0.15) is 10.2 Å². The Balaban J connectivity index is 1.53. The van der Waals surface area contributed by atoms with Crippen LogP contribution in [0.3, 0.4) is 0 Å². The fourth-order valence-corrected chi connectivity index (χ4v) is 2.46. The minimum Gasteiger partial charge on any atom is -0.353 e. The lowest BCUT2D eigenvalue weighted by Gasteiger charge is -2.08. The smallest absolute Gasteiger partial charge is 0.306 e. The van der Waals surface area contributed by atoms with Gasteiger partial charge in [-0.25, -0.2) is 8.78 Å². The molecule has 1 amide bonds. The van der Waals surface area contributed by atoms with Crippen LogP contribution in [-0.4, -0.2) is 36.9 Å². The van der Waals surface area contributed by atoms with E-state index in [0.29, 0.717) is 5.69 Å². The summed E-state index contributed by atoms with van der Waals surface area (Å²) >= 11 is 0. The van der Waals surface area contributed by atoms with Gasteiger partial charge >= 0.3 is 5.69 Å². The molecular weight excluding hydrogens is 338 g/mol. The quantitative estimate of drug-likeness (QED) is 0.572. The van der Waals surface area contributed by atoms with E-state index in [-0.39, 0.29) is 42.8 Å². The summed E-state index contributed by atoms with van der Waals surface area (Å²) in [5, 5.41) is 20.8. The highest BCUT2D eigenvalue weighted by Crippen LogP contribution is 2.41. The normalized spacial score (nSPS) is 14.0. The number of carbonyl (C=O) groups excluding carboxylic acids is 1. The predicted octanol–water partition coefficient (Wildman–Crippen LogP) is 1.62. The molecule has 25 heavy (non-hydrogen) atoms. The van der Waals surface area contributed by atoms with E-state index in [1.165, 1.54) is 21.6 Å². The fraction of sp³-hybridized carbons (Fsp3) is 0.500. The monoisotopic (exact) mass is 354 g/mol. The Hall–Kier alpha value is -2.85. The highest BCUT2D eigenvalue weighted by atomic mass is 19.3. The summed E-state index contributed by atoms with van der Waals surface area (Å²) in [6.07, 6.45) is 1.54. The third-order valence-electron chi connectivity index (χ3n) is 3.84.